The van der Waals surface area contributed by atoms with Crippen LogP contribution in [0.1, 0.15) is 17.0 Å². The Balaban J connectivity index is 1.98. The highest BCUT2D eigenvalue weighted by Gasteiger charge is 2.18. The first kappa shape index (κ1) is 16.0. The average molecular weight is 347 g/mol. The van der Waals surface area contributed by atoms with E-state index in [2.05, 4.69) is 20.1 Å². The van der Waals surface area contributed by atoms with Gasteiger partial charge in [-0.05, 0) is 44.5 Å². The minimum Gasteiger partial charge on any atom is -0.305 e. The number of rotatable bonds is 2. The highest BCUT2D eigenvalue weighted by Crippen LogP contribution is 2.29. The summed E-state index contributed by atoms with van der Waals surface area (Å²) in [6, 6.07) is 11.7. The molecule has 0 bridgehead atoms. The zero-order valence-electron chi connectivity index (χ0n) is 14.6. The van der Waals surface area contributed by atoms with Crippen LogP contribution >= 0.6 is 0 Å². The number of aromatic nitrogens is 5. The van der Waals surface area contributed by atoms with Crippen LogP contribution in [0.4, 0.5) is 0 Å². The molecule has 0 fully saturated rings. The largest absolute Gasteiger partial charge is 0.326 e. The SMILES string of the molecule is Cc1nn(-c2ccccc2)c(C)c1-c1cc(C)c2[nH]c(=O)[nH]c(=O)c2n1. The fraction of sp³-hybridized carbons (Fsp3) is 0.158. The fourth-order valence-electron chi connectivity index (χ4n) is 3.26. The van der Waals surface area contributed by atoms with Gasteiger partial charge < -0.3 is 4.98 Å². The molecule has 0 aliphatic carbocycles. The molecule has 0 aliphatic heterocycles. The molecule has 1 aromatic carbocycles. The summed E-state index contributed by atoms with van der Waals surface area (Å²) in [5, 5.41) is 4.64. The quantitative estimate of drug-likeness (QED) is 0.582. The molecule has 0 atom stereocenters. The number of nitrogens with zero attached hydrogens (tertiary/aromatic N) is 3. The van der Waals surface area contributed by atoms with Crippen molar-refractivity contribution in [2.45, 2.75) is 20.8 Å². The number of para-hydroxylation sites is 1. The Morgan fingerprint density at radius 3 is 2.46 bits per heavy atom. The number of H-pyrrole nitrogens is 2. The molecular formula is C19H17N5O2. The lowest BCUT2D eigenvalue weighted by molar-refractivity contribution is 0.834. The molecule has 7 heteroatoms. The lowest BCUT2D eigenvalue weighted by atomic mass is 10.1. The maximum absolute atomic E-state index is 12.2. The van der Waals surface area contributed by atoms with Crippen molar-refractivity contribution in [1.29, 1.82) is 0 Å². The van der Waals surface area contributed by atoms with E-state index < -0.39 is 11.2 Å². The van der Waals surface area contributed by atoms with Gasteiger partial charge in [0.05, 0.1) is 28.3 Å². The summed E-state index contributed by atoms with van der Waals surface area (Å²) < 4.78 is 1.86. The third-order valence-electron chi connectivity index (χ3n) is 4.45. The first-order chi connectivity index (χ1) is 12.5. The van der Waals surface area contributed by atoms with E-state index >= 15 is 0 Å². The van der Waals surface area contributed by atoms with Crippen molar-refractivity contribution >= 4 is 11.0 Å². The molecule has 7 nitrogen and oxygen atoms in total. The summed E-state index contributed by atoms with van der Waals surface area (Å²) in [5.74, 6) is 0. The van der Waals surface area contributed by atoms with Crippen molar-refractivity contribution in [1.82, 2.24) is 24.7 Å². The van der Waals surface area contributed by atoms with Gasteiger partial charge in [-0.3, -0.25) is 9.78 Å². The fourth-order valence-corrected chi connectivity index (χ4v) is 3.26. The number of benzene rings is 1. The van der Waals surface area contributed by atoms with Crippen molar-refractivity contribution < 1.29 is 0 Å². The molecular weight excluding hydrogens is 330 g/mol. The summed E-state index contributed by atoms with van der Waals surface area (Å²) in [4.78, 5) is 33.1. The van der Waals surface area contributed by atoms with E-state index in [1.165, 1.54) is 0 Å². The normalized spacial score (nSPS) is 11.2. The Kier molecular flexibility index (Phi) is 3.57. The van der Waals surface area contributed by atoms with Gasteiger partial charge in [0.25, 0.3) is 5.56 Å². The Bertz CT molecular complexity index is 1250. The molecule has 0 aliphatic rings. The van der Waals surface area contributed by atoms with Crippen molar-refractivity contribution in [2.75, 3.05) is 0 Å². The molecule has 4 aromatic rings. The maximum Gasteiger partial charge on any atom is 0.326 e. The van der Waals surface area contributed by atoms with Crippen molar-refractivity contribution in [2.24, 2.45) is 0 Å². The van der Waals surface area contributed by atoms with Gasteiger partial charge >= 0.3 is 5.69 Å². The number of hydrogen-bond acceptors (Lipinski definition) is 4. The summed E-state index contributed by atoms with van der Waals surface area (Å²) in [6.07, 6.45) is 0. The molecule has 26 heavy (non-hydrogen) atoms. The Labute approximate surface area is 148 Å². The van der Waals surface area contributed by atoms with E-state index in [4.69, 9.17) is 0 Å². The van der Waals surface area contributed by atoms with Crippen LogP contribution in [0.2, 0.25) is 0 Å². The van der Waals surface area contributed by atoms with Gasteiger partial charge in [0, 0.05) is 5.56 Å². The Morgan fingerprint density at radius 2 is 1.73 bits per heavy atom. The van der Waals surface area contributed by atoms with E-state index in [1.807, 2.05) is 61.9 Å². The van der Waals surface area contributed by atoms with Crippen LogP contribution in [0.5, 0.6) is 0 Å². The standard InChI is InChI=1S/C19H17N5O2/c1-10-9-14(20-17-16(10)21-19(26)22-18(17)25)15-11(2)23-24(12(15)3)13-7-5-4-6-8-13/h4-9H,1-3H3,(H2,21,22,25,26). The monoisotopic (exact) mass is 347 g/mol. The number of fused-ring (bicyclic) bond motifs is 1. The summed E-state index contributed by atoms with van der Waals surface area (Å²) in [6.45, 7) is 5.73. The first-order valence-electron chi connectivity index (χ1n) is 8.21. The zero-order valence-corrected chi connectivity index (χ0v) is 14.6. The molecule has 0 saturated heterocycles. The van der Waals surface area contributed by atoms with Crippen LogP contribution in [0, 0.1) is 20.8 Å². The number of pyridine rings is 1. The number of nitrogens with one attached hydrogen (secondary N) is 2. The predicted octanol–water partition coefficient (Wildman–Crippen LogP) is 2.39. The second kappa shape index (κ2) is 5.80. The minimum atomic E-state index is -0.538. The smallest absolute Gasteiger partial charge is 0.305 e. The molecule has 3 heterocycles. The van der Waals surface area contributed by atoms with Crippen LogP contribution in [0.15, 0.2) is 46.0 Å². The second-order valence-corrected chi connectivity index (χ2v) is 6.25. The molecule has 130 valence electrons. The van der Waals surface area contributed by atoms with Gasteiger partial charge in [0.1, 0.15) is 0 Å². The molecule has 0 amide bonds. The van der Waals surface area contributed by atoms with Gasteiger partial charge in [-0.15, -0.1) is 0 Å². The molecule has 4 rings (SSSR count). The third-order valence-corrected chi connectivity index (χ3v) is 4.45. The number of aromatic amines is 2. The lowest BCUT2D eigenvalue weighted by Crippen LogP contribution is -2.23. The Hall–Kier alpha value is -3.48. The van der Waals surface area contributed by atoms with Crippen LogP contribution in [0.25, 0.3) is 28.0 Å². The van der Waals surface area contributed by atoms with Gasteiger partial charge in [-0.2, -0.15) is 5.10 Å². The van der Waals surface area contributed by atoms with Crippen LogP contribution < -0.4 is 11.2 Å². The molecule has 3 aromatic heterocycles. The molecule has 0 unspecified atom stereocenters. The third kappa shape index (κ3) is 2.45. The van der Waals surface area contributed by atoms with Crippen LogP contribution in [-0.4, -0.2) is 24.7 Å². The highest BCUT2D eigenvalue weighted by molar-refractivity contribution is 5.81. The van der Waals surface area contributed by atoms with Crippen LogP contribution in [-0.2, 0) is 0 Å². The number of hydrogen-bond donors (Lipinski definition) is 2. The summed E-state index contributed by atoms with van der Waals surface area (Å²) >= 11 is 0. The maximum atomic E-state index is 12.2. The molecule has 0 saturated carbocycles. The van der Waals surface area contributed by atoms with Crippen LogP contribution in [0.3, 0.4) is 0 Å². The minimum absolute atomic E-state index is 0.214. The zero-order chi connectivity index (χ0) is 18.4. The van der Waals surface area contributed by atoms with E-state index in [9.17, 15) is 9.59 Å². The van der Waals surface area contributed by atoms with Crippen molar-refractivity contribution in [3.63, 3.8) is 0 Å². The van der Waals surface area contributed by atoms with E-state index in [1.54, 1.807) is 0 Å². The molecule has 0 spiro atoms. The van der Waals surface area contributed by atoms with Crippen molar-refractivity contribution in [3.05, 3.63) is 74.2 Å². The Morgan fingerprint density at radius 1 is 1.00 bits per heavy atom. The predicted molar refractivity (Wildman–Crippen MR) is 99.8 cm³/mol. The van der Waals surface area contributed by atoms with Gasteiger partial charge in [-0.25, -0.2) is 14.5 Å². The summed E-state index contributed by atoms with van der Waals surface area (Å²) in [7, 11) is 0. The van der Waals surface area contributed by atoms with E-state index in [0.717, 1.165) is 28.2 Å². The summed E-state index contributed by atoms with van der Waals surface area (Å²) in [5.41, 5.74) is 4.65. The van der Waals surface area contributed by atoms with E-state index in [-0.39, 0.29) is 5.52 Å². The average Bonchev–Trinajstić information content (AvgIpc) is 2.91. The first-order valence-corrected chi connectivity index (χ1v) is 8.21. The topological polar surface area (TPSA) is 96.4 Å². The van der Waals surface area contributed by atoms with Gasteiger partial charge in [0.2, 0.25) is 0 Å². The van der Waals surface area contributed by atoms with Gasteiger partial charge in [0.15, 0.2) is 5.52 Å². The van der Waals surface area contributed by atoms with E-state index in [0.29, 0.717) is 11.2 Å². The number of aryl methyl sites for hydroxylation is 2. The molecule has 0 radical (unpaired) electrons. The highest BCUT2D eigenvalue weighted by atomic mass is 16.2. The molecule has 2 N–H and O–H groups in total. The second-order valence-electron chi connectivity index (χ2n) is 6.25. The lowest BCUT2D eigenvalue weighted by Gasteiger charge is -2.07. The van der Waals surface area contributed by atoms with Gasteiger partial charge in [-0.1, -0.05) is 18.2 Å². The van der Waals surface area contributed by atoms with Crippen molar-refractivity contribution in [3.8, 4) is 16.9 Å².